The monoisotopic (exact) mass is 875 g/mol. The van der Waals surface area contributed by atoms with Crippen LogP contribution in [0.3, 0.4) is 0 Å². The van der Waals surface area contributed by atoms with Crippen molar-refractivity contribution in [2.24, 2.45) is 0 Å². The minimum absolute atomic E-state index is 0.0483. The van der Waals surface area contributed by atoms with Crippen molar-refractivity contribution in [1.82, 2.24) is 30.2 Å². The second-order valence-corrected chi connectivity index (χ2v) is 16.0. The first-order valence-corrected chi connectivity index (χ1v) is 20.4. The molecule has 23 heteroatoms. The first-order valence-electron chi connectivity index (χ1n) is 19.0. The Hall–Kier alpha value is -5.45. The van der Waals surface area contributed by atoms with E-state index in [4.69, 9.17) is 37.6 Å². The maximum atomic E-state index is 14.0. The summed E-state index contributed by atoms with van der Waals surface area (Å²) in [6.07, 6.45) is 1.35. The molecule has 61 heavy (non-hydrogen) atoms. The molecule has 0 spiro atoms. The number of quaternary nitrogens is 1. The van der Waals surface area contributed by atoms with Gasteiger partial charge >= 0.3 is 26.2 Å². The Labute approximate surface area is 352 Å². The number of hydrogen-bond acceptors (Lipinski definition) is 17. The summed E-state index contributed by atoms with van der Waals surface area (Å²) in [7, 11) is 0.922. The third-order valence-electron chi connectivity index (χ3n) is 8.42. The van der Waals surface area contributed by atoms with Gasteiger partial charge in [-0.1, -0.05) is 49.1 Å². The summed E-state index contributed by atoms with van der Waals surface area (Å²) in [4.78, 5) is 95.3. The molecule has 0 bridgehead atoms. The predicted molar refractivity (Wildman–Crippen MR) is 214 cm³/mol. The fourth-order valence-corrected chi connectivity index (χ4v) is 6.46. The number of aromatic nitrogens is 4. The lowest BCUT2D eigenvalue weighted by atomic mass is 10.1. The van der Waals surface area contributed by atoms with E-state index in [-0.39, 0.29) is 55.6 Å². The second kappa shape index (κ2) is 23.0. The number of nitrogens with zero attached hydrogens (tertiary/aromatic N) is 5. The van der Waals surface area contributed by atoms with Crippen molar-refractivity contribution in [3.05, 3.63) is 73.9 Å². The number of rotatable bonds is 24. The third-order valence-corrected chi connectivity index (χ3v) is 9.64. The summed E-state index contributed by atoms with van der Waals surface area (Å²) in [5, 5.41) is 7.45. The van der Waals surface area contributed by atoms with E-state index in [9.17, 15) is 28.9 Å². The van der Waals surface area contributed by atoms with Gasteiger partial charge in [0.1, 0.15) is 76.4 Å². The molecule has 1 unspecified atom stereocenters. The third kappa shape index (κ3) is 15.5. The Bertz CT molecular complexity index is 1980. The van der Waals surface area contributed by atoms with Crippen molar-refractivity contribution in [3.8, 4) is 0 Å². The molecular weight excluding hydrogens is 823 g/mol. The molecular formula is C38H52N8O14P+. The van der Waals surface area contributed by atoms with Crippen LogP contribution < -0.4 is 20.8 Å². The highest BCUT2D eigenvalue weighted by molar-refractivity contribution is 7.53. The summed E-state index contributed by atoms with van der Waals surface area (Å²) in [6.45, 7) is 8.18. The molecule has 1 aromatic carbocycles. The summed E-state index contributed by atoms with van der Waals surface area (Å²) >= 11 is 0. The highest BCUT2D eigenvalue weighted by Crippen LogP contribution is 2.54. The van der Waals surface area contributed by atoms with Gasteiger partial charge in [0.2, 0.25) is 11.8 Å². The Balaban J connectivity index is 1.48. The Morgan fingerprint density at radius 3 is 2.46 bits per heavy atom. The van der Waals surface area contributed by atoms with Gasteiger partial charge in [0.25, 0.3) is 0 Å². The molecule has 6 atom stereocenters. The molecule has 3 aromatic rings. The van der Waals surface area contributed by atoms with E-state index in [2.05, 4.69) is 44.1 Å². The molecule has 2 aromatic heterocycles. The Kier molecular flexibility index (Phi) is 18.1. The number of imidazole rings is 1. The average Bonchev–Trinajstić information content (AvgIpc) is 3.82. The molecule has 1 aliphatic rings. The number of nitrogens with one attached hydrogen (secondary N) is 3. The first-order chi connectivity index (χ1) is 29.0. The van der Waals surface area contributed by atoms with Crippen molar-refractivity contribution in [2.45, 2.75) is 57.2 Å². The maximum Gasteiger partial charge on any atom is 0.421 e. The Morgan fingerprint density at radius 2 is 1.77 bits per heavy atom. The number of amides is 3. The lowest BCUT2D eigenvalue weighted by Gasteiger charge is -2.27. The van der Waals surface area contributed by atoms with Crippen LogP contribution in [0.25, 0.3) is 11.2 Å². The van der Waals surface area contributed by atoms with E-state index in [1.165, 1.54) is 38.7 Å². The lowest BCUT2D eigenvalue weighted by Crippen LogP contribution is -2.53. The largest absolute Gasteiger partial charge is 0.603 e. The molecule has 0 radical (unpaired) electrons. The van der Waals surface area contributed by atoms with Crippen LogP contribution in [0, 0.1) is 0 Å². The molecule has 22 nitrogen and oxygen atoms in total. The van der Waals surface area contributed by atoms with Crippen LogP contribution in [0.15, 0.2) is 68.3 Å². The van der Waals surface area contributed by atoms with Crippen LogP contribution in [-0.2, 0) is 63.2 Å². The number of likely N-dealkylation sites (N-methyl/N-ethyl adjacent to an activating group) is 1. The zero-order valence-electron chi connectivity index (χ0n) is 34.6. The number of benzene rings is 1. The van der Waals surface area contributed by atoms with E-state index in [1.54, 1.807) is 4.57 Å². The summed E-state index contributed by atoms with van der Waals surface area (Å²) in [5.74, 6) is -2.51. The van der Waals surface area contributed by atoms with Gasteiger partial charge in [0, 0.05) is 13.3 Å². The van der Waals surface area contributed by atoms with E-state index >= 15 is 0 Å². The number of esters is 2. The molecule has 3 amide bonds. The van der Waals surface area contributed by atoms with E-state index in [0.29, 0.717) is 11.0 Å². The van der Waals surface area contributed by atoms with Gasteiger partial charge in [-0.25, -0.2) is 24.5 Å². The minimum Gasteiger partial charge on any atom is -0.603 e. The highest BCUT2D eigenvalue weighted by atomic mass is 31.2. The quantitative estimate of drug-likeness (QED) is 0.0168. The standard InChI is InChI=1S/C38H51N8O14P/c1-8-16-54-38(51)43-28(36(49)42-25(3)37(50)53-18-15-46(5,6)7)21-56-61(52,60-55-17-9-2)57-22-30-29(58-26(4)47)20-32(59-30)45-24-41-33-34(39-23-40-35(33)45)44-31(48)19-27-13-11-10-12-14-27/h8-14,23-25,28-30,32H,1-2,15-22H2,3-7H3,(H2-,39,40,42,43,44,48,49,51)/p+1/t25-,28-,29-,30+,32+,61?/m0/s1. The first kappa shape index (κ1) is 48.2. The predicted octanol–water partition coefficient (Wildman–Crippen LogP) is 1.47. The van der Waals surface area contributed by atoms with E-state index < -0.39 is 75.8 Å². The minimum atomic E-state index is -4.82. The fourth-order valence-electron chi connectivity index (χ4n) is 5.44. The average molecular weight is 876 g/mol. The SMILES string of the molecule is C=CCOO[P+]([O-])(OC[C@H](NC(=O)OCC=C)C(=O)N[C@@H](C)C(=O)OCC[N+](C)(C)C)OC[C@H]1O[C@@H](n2cnc3c(NC(=O)Cc4ccccc4)ncnc32)C[C@@H]1OC(C)=O. The number of ether oxygens (including phenoxy) is 4. The van der Waals surface area contributed by atoms with E-state index in [0.717, 1.165) is 5.56 Å². The van der Waals surface area contributed by atoms with Crippen molar-refractivity contribution in [1.29, 1.82) is 0 Å². The van der Waals surface area contributed by atoms with Gasteiger partial charge in [-0.15, -0.1) is 6.58 Å². The van der Waals surface area contributed by atoms with Crippen LogP contribution in [0.1, 0.15) is 32.1 Å². The summed E-state index contributed by atoms with van der Waals surface area (Å²) in [5.41, 5.74) is 1.34. The van der Waals surface area contributed by atoms with Crippen LogP contribution >= 0.6 is 8.17 Å². The molecule has 1 saturated heterocycles. The van der Waals surface area contributed by atoms with Crippen molar-refractivity contribution in [3.63, 3.8) is 0 Å². The number of phosphoric acid groups is 1. The molecule has 0 aliphatic carbocycles. The zero-order chi connectivity index (χ0) is 44.6. The van der Waals surface area contributed by atoms with E-state index in [1.807, 2.05) is 51.5 Å². The molecule has 332 valence electrons. The summed E-state index contributed by atoms with van der Waals surface area (Å²) in [6, 6.07) is 6.34. The smallest absolute Gasteiger partial charge is 0.421 e. The molecule has 1 aliphatic heterocycles. The number of phosphoric ester groups is 1. The highest BCUT2D eigenvalue weighted by Gasteiger charge is 2.45. The van der Waals surface area contributed by atoms with Gasteiger partial charge in [-0.05, 0) is 17.2 Å². The molecule has 4 rings (SSSR count). The van der Waals surface area contributed by atoms with Crippen molar-refractivity contribution < 1.29 is 70.9 Å². The maximum absolute atomic E-state index is 14.0. The number of carbonyl (C=O) groups is 5. The topological polar surface area (TPSA) is 262 Å². The van der Waals surface area contributed by atoms with Crippen LogP contribution in [-0.4, -0.2) is 139 Å². The second-order valence-electron chi connectivity index (χ2n) is 14.5. The lowest BCUT2D eigenvalue weighted by molar-refractivity contribution is -0.870. The van der Waals surface area contributed by atoms with Gasteiger partial charge in [0.05, 0.1) is 33.9 Å². The van der Waals surface area contributed by atoms with Crippen LogP contribution in [0.4, 0.5) is 10.6 Å². The number of hydrogen-bond donors (Lipinski definition) is 3. The molecule has 3 N–H and O–H groups in total. The number of fused-ring (bicyclic) bond motifs is 1. The fraction of sp³-hybridized carbons (Fsp3) is 0.474. The normalized spacial score (nSPS) is 18.2. The van der Waals surface area contributed by atoms with Gasteiger partial charge in [-0.3, -0.25) is 19.0 Å². The number of anilines is 1. The Morgan fingerprint density at radius 1 is 1.03 bits per heavy atom. The molecule has 0 saturated carbocycles. The van der Waals surface area contributed by atoms with Crippen molar-refractivity contribution in [2.75, 3.05) is 66.0 Å². The summed E-state index contributed by atoms with van der Waals surface area (Å²) < 4.78 is 40.1. The zero-order valence-corrected chi connectivity index (χ0v) is 35.4. The number of carbonyl (C=O) groups excluding carboxylic acids is 5. The molecule has 1 fully saturated rings. The number of alkyl carbamates (subject to hydrolysis) is 1. The van der Waals surface area contributed by atoms with Crippen LogP contribution in [0.5, 0.6) is 0 Å². The van der Waals surface area contributed by atoms with Gasteiger partial charge in [-0.2, -0.15) is 13.9 Å². The van der Waals surface area contributed by atoms with Crippen LogP contribution in [0.2, 0.25) is 0 Å². The van der Waals surface area contributed by atoms with Crippen molar-refractivity contribution >= 4 is 55.0 Å². The van der Waals surface area contributed by atoms with Gasteiger partial charge in [0.15, 0.2) is 17.0 Å². The van der Waals surface area contributed by atoms with Gasteiger partial charge < -0.3 is 44.3 Å². The molecule has 3 heterocycles.